The fraction of sp³-hybridized carbons (Fsp3) is 0.588. The van der Waals surface area contributed by atoms with Gasteiger partial charge in [-0.2, -0.15) is 11.8 Å². The highest BCUT2D eigenvalue weighted by molar-refractivity contribution is 7.98. The lowest BCUT2D eigenvalue weighted by Crippen LogP contribution is -2.43. The van der Waals surface area contributed by atoms with Gasteiger partial charge in [0.2, 0.25) is 15.9 Å². The molecule has 0 aliphatic carbocycles. The number of sulfonamides is 1. The Balaban J connectivity index is 1.62. The highest BCUT2D eigenvalue weighted by atomic mass is 35.5. The van der Waals surface area contributed by atoms with Crippen LogP contribution in [-0.2, 0) is 20.6 Å². The van der Waals surface area contributed by atoms with Gasteiger partial charge in [-0.15, -0.1) is 0 Å². The predicted molar refractivity (Wildman–Crippen MR) is 104 cm³/mol. The molecule has 140 valence electrons. The van der Waals surface area contributed by atoms with Crippen LogP contribution >= 0.6 is 23.4 Å². The van der Waals surface area contributed by atoms with Gasteiger partial charge in [-0.1, -0.05) is 23.7 Å². The lowest BCUT2D eigenvalue weighted by molar-refractivity contribution is -0.125. The molecule has 0 aromatic heterocycles. The zero-order chi connectivity index (χ0) is 18.3. The summed E-state index contributed by atoms with van der Waals surface area (Å²) in [6.07, 6.45) is 1.20. The van der Waals surface area contributed by atoms with Crippen molar-refractivity contribution < 1.29 is 13.2 Å². The van der Waals surface area contributed by atoms with Crippen LogP contribution in [0.4, 0.5) is 0 Å². The summed E-state index contributed by atoms with van der Waals surface area (Å²) in [5, 5.41) is 3.70. The molecule has 1 aliphatic heterocycles. The summed E-state index contributed by atoms with van der Waals surface area (Å²) >= 11 is 7.62. The van der Waals surface area contributed by atoms with Crippen LogP contribution in [0.25, 0.3) is 0 Å². The molecule has 25 heavy (non-hydrogen) atoms. The molecule has 0 spiro atoms. The number of halogens is 1. The number of carbonyl (C=O) groups excluding carboxylic acids is 1. The van der Waals surface area contributed by atoms with Crippen molar-refractivity contribution in [3.05, 3.63) is 34.9 Å². The van der Waals surface area contributed by atoms with Crippen molar-refractivity contribution in [1.82, 2.24) is 9.62 Å². The third-order valence-electron chi connectivity index (χ3n) is 4.31. The third kappa shape index (κ3) is 6.47. The van der Waals surface area contributed by atoms with Gasteiger partial charge >= 0.3 is 0 Å². The fourth-order valence-corrected chi connectivity index (χ4v) is 4.82. The number of rotatable bonds is 8. The topological polar surface area (TPSA) is 66.5 Å². The fourth-order valence-electron chi connectivity index (χ4n) is 2.74. The first-order valence-electron chi connectivity index (χ1n) is 8.50. The number of thioether (sulfide) groups is 1. The van der Waals surface area contributed by atoms with Gasteiger partial charge in [0.25, 0.3) is 0 Å². The maximum Gasteiger partial charge on any atom is 0.223 e. The minimum absolute atomic E-state index is 0.0423. The van der Waals surface area contributed by atoms with E-state index in [1.54, 1.807) is 18.7 Å². The van der Waals surface area contributed by atoms with Crippen molar-refractivity contribution in [2.75, 3.05) is 31.1 Å². The largest absolute Gasteiger partial charge is 0.355 e. The Kier molecular flexibility index (Phi) is 8.06. The highest BCUT2D eigenvalue weighted by Crippen LogP contribution is 2.20. The summed E-state index contributed by atoms with van der Waals surface area (Å²) in [7, 11) is -3.13. The zero-order valence-electron chi connectivity index (χ0n) is 14.4. The van der Waals surface area contributed by atoms with Gasteiger partial charge < -0.3 is 5.32 Å². The minimum Gasteiger partial charge on any atom is -0.355 e. The molecule has 1 aromatic carbocycles. The Morgan fingerprint density at radius 1 is 1.28 bits per heavy atom. The number of nitrogens with one attached hydrogen (secondary N) is 1. The van der Waals surface area contributed by atoms with Gasteiger partial charge in [0.05, 0.1) is 5.75 Å². The molecule has 0 radical (unpaired) electrons. The lowest BCUT2D eigenvalue weighted by Gasteiger charge is -2.30. The average molecular weight is 405 g/mol. The average Bonchev–Trinajstić information content (AvgIpc) is 2.63. The summed E-state index contributed by atoms with van der Waals surface area (Å²) in [4.78, 5) is 12.2. The van der Waals surface area contributed by atoms with Crippen molar-refractivity contribution in [1.29, 1.82) is 0 Å². The number of hydrogen-bond acceptors (Lipinski definition) is 4. The first-order chi connectivity index (χ1) is 11.9. The summed E-state index contributed by atoms with van der Waals surface area (Å²) in [5.74, 6) is 1.82. The molecule has 1 fully saturated rings. The van der Waals surface area contributed by atoms with Crippen molar-refractivity contribution in [3.63, 3.8) is 0 Å². The standard InChI is InChI=1S/C17H25ClN2O3S2/c1-2-25(22,23)20-10-7-15(8-11-20)17(21)19-9-12-24-13-14-3-5-16(18)6-4-14/h3-6,15H,2,7-13H2,1H3,(H,19,21). The Morgan fingerprint density at radius 2 is 1.92 bits per heavy atom. The molecule has 5 nitrogen and oxygen atoms in total. The SMILES string of the molecule is CCS(=O)(=O)N1CCC(C(=O)NCCSCc2ccc(Cl)cc2)CC1. The van der Waals surface area contributed by atoms with Crippen molar-refractivity contribution in [2.45, 2.75) is 25.5 Å². The van der Waals surface area contributed by atoms with E-state index in [1.807, 2.05) is 24.3 Å². The molecular weight excluding hydrogens is 380 g/mol. The number of hydrogen-bond donors (Lipinski definition) is 1. The molecular formula is C17H25ClN2O3S2. The van der Waals surface area contributed by atoms with Crippen LogP contribution < -0.4 is 5.32 Å². The maximum atomic E-state index is 12.2. The van der Waals surface area contributed by atoms with E-state index >= 15 is 0 Å². The second-order valence-electron chi connectivity index (χ2n) is 6.04. The van der Waals surface area contributed by atoms with Gasteiger partial charge in [-0.3, -0.25) is 4.79 Å². The van der Waals surface area contributed by atoms with Gasteiger partial charge in [0.1, 0.15) is 0 Å². The summed E-state index contributed by atoms with van der Waals surface area (Å²) in [6, 6.07) is 7.77. The van der Waals surface area contributed by atoms with Gasteiger partial charge in [-0.05, 0) is 37.5 Å². The second kappa shape index (κ2) is 9.80. The summed E-state index contributed by atoms with van der Waals surface area (Å²) in [6.45, 7) is 3.17. The van der Waals surface area contributed by atoms with Gasteiger partial charge in [-0.25, -0.2) is 12.7 Å². The third-order valence-corrected chi connectivity index (χ3v) is 7.47. The van der Waals surface area contributed by atoms with Crippen molar-refractivity contribution in [2.24, 2.45) is 5.92 Å². The minimum atomic E-state index is -3.13. The molecule has 0 bridgehead atoms. The lowest BCUT2D eigenvalue weighted by atomic mass is 9.97. The highest BCUT2D eigenvalue weighted by Gasteiger charge is 2.29. The van der Waals surface area contributed by atoms with Crippen LogP contribution in [0, 0.1) is 5.92 Å². The Hall–Kier alpha value is -0.760. The van der Waals surface area contributed by atoms with Crippen molar-refractivity contribution >= 4 is 39.3 Å². The Bertz CT molecular complexity index is 657. The first-order valence-corrected chi connectivity index (χ1v) is 11.6. The molecule has 0 unspecified atom stereocenters. The normalized spacial score (nSPS) is 16.7. The molecule has 8 heteroatoms. The Labute approximate surface area is 159 Å². The van der Waals surface area contributed by atoms with Crippen LogP contribution in [-0.4, -0.2) is 49.8 Å². The van der Waals surface area contributed by atoms with Crippen LogP contribution in [0.5, 0.6) is 0 Å². The summed E-state index contributed by atoms with van der Waals surface area (Å²) < 4.78 is 25.2. The van der Waals surface area contributed by atoms with E-state index in [0.717, 1.165) is 16.5 Å². The molecule has 0 saturated carbocycles. The molecule has 1 aliphatic rings. The number of benzene rings is 1. The molecule has 1 aromatic rings. The van der Waals surface area contributed by atoms with E-state index in [1.165, 1.54) is 9.87 Å². The number of amides is 1. The molecule has 1 saturated heterocycles. The number of piperidine rings is 1. The van der Waals surface area contributed by atoms with Crippen LogP contribution in [0.1, 0.15) is 25.3 Å². The van der Waals surface area contributed by atoms with Gasteiger partial charge in [0.15, 0.2) is 0 Å². The molecule has 1 amide bonds. The molecule has 1 N–H and O–H groups in total. The van der Waals surface area contributed by atoms with E-state index in [0.29, 0.717) is 32.5 Å². The van der Waals surface area contributed by atoms with E-state index in [-0.39, 0.29) is 17.6 Å². The molecule has 0 atom stereocenters. The second-order valence-corrected chi connectivity index (χ2v) is 9.84. The zero-order valence-corrected chi connectivity index (χ0v) is 16.8. The molecule has 2 rings (SSSR count). The van der Waals surface area contributed by atoms with E-state index in [9.17, 15) is 13.2 Å². The van der Waals surface area contributed by atoms with E-state index in [4.69, 9.17) is 11.6 Å². The van der Waals surface area contributed by atoms with Crippen LogP contribution in [0.2, 0.25) is 5.02 Å². The summed E-state index contributed by atoms with van der Waals surface area (Å²) in [5.41, 5.74) is 1.21. The van der Waals surface area contributed by atoms with Crippen molar-refractivity contribution in [3.8, 4) is 0 Å². The number of carbonyl (C=O) groups is 1. The van der Waals surface area contributed by atoms with Crippen LogP contribution in [0.15, 0.2) is 24.3 Å². The van der Waals surface area contributed by atoms with E-state index in [2.05, 4.69) is 5.32 Å². The Morgan fingerprint density at radius 3 is 2.52 bits per heavy atom. The van der Waals surface area contributed by atoms with Crippen LogP contribution in [0.3, 0.4) is 0 Å². The smallest absolute Gasteiger partial charge is 0.223 e. The first kappa shape index (κ1) is 20.6. The van der Waals surface area contributed by atoms with E-state index < -0.39 is 10.0 Å². The number of nitrogens with zero attached hydrogens (tertiary/aromatic N) is 1. The van der Waals surface area contributed by atoms with Gasteiger partial charge in [0, 0.05) is 42.1 Å². The monoisotopic (exact) mass is 404 g/mol. The molecule has 1 heterocycles. The quantitative estimate of drug-likeness (QED) is 0.676. The predicted octanol–water partition coefficient (Wildman–Crippen LogP) is 2.75. The maximum absolute atomic E-state index is 12.2.